The maximum absolute atomic E-state index is 11.7. The first-order valence-corrected chi connectivity index (χ1v) is 9.11. The highest BCUT2D eigenvalue weighted by molar-refractivity contribution is 6.00. The molecule has 1 aliphatic rings. The smallest absolute Gasteiger partial charge is 0.182 e. The summed E-state index contributed by atoms with van der Waals surface area (Å²) in [5.41, 5.74) is 3.39. The van der Waals surface area contributed by atoms with Crippen LogP contribution in [0.1, 0.15) is 29.8 Å². The summed E-state index contributed by atoms with van der Waals surface area (Å²) >= 11 is 0. The van der Waals surface area contributed by atoms with Crippen LogP contribution in [0.4, 0.5) is 0 Å². The van der Waals surface area contributed by atoms with Crippen molar-refractivity contribution in [3.63, 3.8) is 0 Å². The van der Waals surface area contributed by atoms with Crippen molar-refractivity contribution in [2.75, 3.05) is 20.8 Å². The predicted molar refractivity (Wildman–Crippen MR) is 105 cm³/mol. The number of aryl methyl sites for hydroxylation is 2. The molecule has 0 bridgehead atoms. The van der Waals surface area contributed by atoms with Crippen LogP contribution in [0.2, 0.25) is 0 Å². The Morgan fingerprint density at radius 3 is 2.41 bits per heavy atom. The second kappa shape index (κ2) is 8.29. The first-order chi connectivity index (χ1) is 13.0. The Balaban J connectivity index is 1.91. The highest BCUT2D eigenvalue weighted by atomic mass is 16.6. The van der Waals surface area contributed by atoms with E-state index in [1.54, 1.807) is 19.2 Å². The number of hydrogen-bond acceptors (Lipinski definition) is 5. The van der Waals surface area contributed by atoms with Gasteiger partial charge in [0.2, 0.25) is 0 Å². The number of hydrogen-bond donors (Lipinski definition) is 0. The molecule has 0 radical (unpaired) electrons. The zero-order valence-electron chi connectivity index (χ0n) is 16.3. The highest BCUT2D eigenvalue weighted by Gasteiger charge is 2.23. The van der Waals surface area contributed by atoms with Crippen LogP contribution < -0.4 is 14.9 Å². The summed E-state index contributed by atoms with van der Waals surface area (Å²) in [6, 6.07) is 9.00. The van der Waals surface area contributed by atoms with E-state index in [-0.39, 0.29) is 5.43 Å². The number of ether oxygens (including phenoxy) is 2. The molecule has 6 nitrogen and oxygen atoms in total. The molecule has 6 heteroatoms. The van der Waals surface area contributed by atoms with Crippen molar-refractivity contribution < 1.29 is 14.3 Å². The molecule has 1 aromatic heterocycles. The van der Waals surface area contributed by atoms with E-state index in [1.165, 1.54) is 20.0 Å². The van der Waals surface area contributed by atoms with Crippen LogP contribution in [0.3, 0.4) is 0 Å². The molecule has 0 atom stereocenters. The van der Waals surface area contributed by atoms with Gasteiger partial charge in [-0.05, 0) is 50.8 Å². The molecule has 27 heavy (non-hydrogen) atoms. The lowest BCUT2D eigenvalue weighted by Gasteiger charge is -2.17. The van der Waals surface area contributed by atoms with Gasteiger partial charge in [0.15, 0.2) is 16.9 Å². The lowest BCUT2D eigenvalue weighted by Crippen LogP contribution is -2.19. The molecule has 1 aliphatic carbocycles. The van der Waals surface area contributed by atoms with Gasteiger partial charge in [-0.25, -0.2) is 0 Å². The Bertz CT molecular complexity index is 871. The Hall–Kier alpha value is -2.76. The minimum atomic E-state index is 0.00619. The summed E-state index contributed by atoms with van der Waals surface area (Å²) in [5, 5.41) is 4.22. The molecule has 1 fully saturated rings. The fourth-order valence-electron chi connectivity index (χ4n) is 3.03. The molecule has 0 unspecified atom stereocenters. The summed E-state index contributed by atoms with van der Waals surface area (Å²) < 4.78 is 13.4. The maximum atomic E-state index is 11.7. The van der Waals surface area contributed by atoms with E-state index in [0.29, 0.717) is 30.6 Å². The molecule has 0 amide bonds. The van der Waals surface area contributed by atoms with E-state index in [9.17, 15) is 4.79 Å². The first-order valence-electron chi connectivity index (χ1n) is 9.11. The average Bonchev–Trinajstić information content (AvgIpc) is 3.46. The number of benzene rings is 1. The van der Waals surface area contributed by atoms with Crippen LogP contribution in [-0.4, -0.2) is 31.1 Å². The molecule has 1 aromatic carbocycles. The first kappa shape index (κ1) is 19.0. The summed E-state index contributed by atoms with van der Waals surface area (Å²) in [5.74, 6) is 2.06. The molecule has 3 rings (SSSR count). The maximum Gasteiger partial charge on any atom is 0.182 e. The Morgan fingerprint density at radius 1 is 1.11 bits per heavy atom. The van der Waals surface area contributed by atoms with Crippen molar-refractivity contribution in [1.82, 2.24) is 4.57 Å². The lowest BCUT2D eigenvalue weighted by atomic mass is 10.1. The fourth-order valence-corrected chi connectivity index (χ4v) is 3.03. The second-order valence-corrected chi connectivity index (χ2v) is 6.90. The summed E-state index contributed by atoms with van der Waals surface area (Å²) in [6.07, 6.45) is 2.45. The standard InChI is InChI=1S/C21H26N2O4/c1-14-9-18(24)10-15(2)23(14)12-19(22-26-4)17-7-8-20(25-3)21(11-17)27-13-16-5-6-16/h7-11,16H,5-6,12-13H2,1-4H3/b22-19+. The lowest BCUT2D eigenvalue weighted by molar-refractivity contribution is 0.212. The van der Waals surface area contributed by atoms with Gasteiger partial charge < -0.3 is 18.9 Å². The number of aromatic nitrogens is 1. The molecule has 144 valence electrons. The van der Waals surface area contributed by atoms with Crippen LogP contribution in [0.5, 0.6) is 11.5 Å². The zero-order chi connectivity index (χ0) is 19.4. The minimum absolute atomic E-state index is 0.00619. The van der Waals surface area contributed by atoms with Crippen LogP contribution >= 0.6 is 0 Å². The SMILES string of the molecule is CO/N=C(\Cn1c(C)cc(=O)cc1C)c1ccc(OC)c(OCC2CC2)c1. The average molecular weight is 370 g/mol. The van der Waals surface area contributed by atoms with E-state index in [2.05, 4.69) is 5.16 Å². The summed E-state index contributed by atoms with van der Waals surface area (Å²) in [6.45, 7) is 5.02. The Kier molecular flexibility index (Phi) is 5.84. The molecule has 2 aromatic rings. The number of pyridine rings is 1. The van der Waals surface area contributed by atoms with Gasteiger partial charge in [-0.3, -0.25) is 4.79 Å². The van der Waals surface area contributed by atoms with Gasteiger partial charge in [-0.2, -0.15) is 0 Å². The van der Waals surface area contributed by atoms with Crippen molar-refractivity contribution in [2.24, 2.45) is 11.1 Å². The molecule has 0 aliphatic heterocycles. The molecular formula is C21H26N2O4. The normalized spacial score (nSPS) is 14.1. The Morgan fingerprint density at radius 2 is 1.81 bits per heavy atom. The second-order valence-electron chi connectivity index (χ2n) is 6.90. The third-order valence-electron chi connectivity index (χ3n) is 4.73. The van der Waals surface area contributed by atoms with Crippen LogP contribution in [0, 0.1) is 19.8 Å². The summed E-state index contributed by atoms with van der Waals surface area (Å²) in [7, 11) is 3.16. The molecule has 1 saturated carbocycles. The topological polar surface area (TPSA) is 62.1 Å². The predicted octanol–water partition coefficient (Wildman–Crippen LogP) is 3.31. The van der Waals surface area contributed by atoms with E-state index >= 15 is 0 Å². The van der Waals surface area contributed by atoms with E-state index < -0.39 is 0 Å². The van der Waals surface area contributed by atoms with E-state index in [0.717, 1.165) is 22.7 Å². The van der Waals surface area contributed by atoms with Crippen LogP contribution in [0.15, 0.2) is 40.3 Å². The molecule has 0 N–H and O–H groups in total. The Labute approximate surface area is 159 Å². The quantitative estimate of drug-likeness (QED) is 0.528. The third-order valence-corrected chi connectivity index (χ3v) is 4.73. The molecule has 0 saturated heterocycles. The monoisotopic (exact) mass is 370 g/mol. The van der Waals surface area contributed by atoms with Gasteiger partial charge in [-0.15, -0.1) is 0 Å². The minimum Gasteiger partial charge on any atom is -0.493 e. The largest absolute Gasteiger partial charge is 0.493 e. The fraction of sp³-hybridized carbons (Fsp3) is 0.429. The van der Waals surface area contributed by atoms with Gasteiger partial charge >= 0.3 is 0 Å². The summed E-state index contributed by atoms with van der Waals surface area (Å²) in [4.78, 5) is 16.8. The van der Waals surface area contributed by atoms with Crippen molar-refractivity contribution in [3.05, 3.63) is 57.5 Å². The van der Waals surface area contributed by atoms with E-state index in [1.807, 2.05) is 36.6 Å². The van der Waals surface area contributed by atoms with Crippen molar-refractivity contribution in [3.8, 4) is 11.5 Å². The van der Waals surface area contributed by atoms with Gasteiger partial charge in [0.1, 0.15) is 12.8 Å². The number of nitrogens with zero attached hydrogens (tertiary/aromatic N) is 2. The molecule has 1 heterocycles. The van der Waals surface area contributed by atoms with Crippen molar-refractivity contribution >= 4 is 5.71 Å². The van der Waals surface area contributed by atoms with Crippen molar-refractivity contribution in [1.29, 1.82) is 0 Å². The zero-order valence-corrected chi connectivity index (χ0v) is 16.3. The van der Waals surface area contributed by atoms with Gasteiger partial charge in [0.25, 0.3) is 0 Å². The van der Waals surface area contributed by atoms with Gasteiger partial charge in [0, 0.05) is 29.1 Å². The highest BCUT2D eigenvalue weighted by Crippen LogP contribution is 2.33. The van der Waals surface area contributed by atoms with Crippen molar-refractivity contribution in [2.45, 2.75) is 33.2 Å². The molecule has 0 spiro atoms. The van der Waals surface area contributed by atoms with Gasteiger partial charge in [0.05, 0.1) is 20.3 Å². The van der Waals surface area contributed by atoms with E-state index in [4.69, 9.17) is 14.3 Å². The van der Waals surface area contributed by atoms with Crippen LogP contribution in [-0.2, 0) is 11.4 Å². The van der Waals surface area contributed by atoms with Crippen LogP contribution in [0.25, 0.3) is 0 Å². The number of rotatable bonds is 8. The number of oxime groups is 1. The van der Waals surface area contributed by atoms with Gasteiger partial charge in [-0.1, -0.05) is 5.16 Å². The molecular weight excluding hydrogens is 344 g/mol. The third kappa shape index (κ3) is 4.70. The number of methoxy groups -OCH3 is 1.